The lowest BCUT2D eigenvalue weighted by atomic mass is 10.2. The second-order valence-electron chi connectivity index (χ2n) is 2.67. The Morgan fingerprint density at radius 1 is 1.53 bits per heavy atom. The maximum absolute atomic E-state index is 11.7. The van der Waals surface area contributed by atoms with Crippen LogP contribution < -0.4 is 11.1 Å². The average molecular weight is 221 g/mol. The lowest BCUT2D eigenvalue weighted by Gasteiger charge is -2.02. The van der Waals surface area contributed by atoms with Gasteiger partial charge in [0.05, 0.1) is 11.8 Å². The Bertz CT molecular complexity index is 470. The minimum absolute atomic E-state index is 0.201. The summed E-state index contributed by atoms with van der Waals surface area (Å²) >= 11 is 1.10. The Morgan fingerprint density at radius 2 is 2.40 bits per heavy atom. The number of nitrogen functional groups attached to an aromatic ring is 1. The number of carbonyl (C=O) groups is 1. The maximum Gasteiger partial charge on any atom is 0.260 e. The van der Waals surface area contributed by atoms with E-state index >= 15 is 0 Å². The van der Waals surface area contributed by atoms with Crippen LogP contribution in [0.15, 0.2) is 24.5 Å². The fraction of sp³-hybridized carbons (Fsp3) is 0. The van der Waals surface area contributed by atoms with Gasteiger partial charge in [0.15, 0.2) is 0 Å². The van der Waals surface area contributed by atoms with E-state index < -0.39 is 0 Å². The second kappa shape index (κ2) is 4.01. The first kappa shape index (κ1) is 9.53. The van der Waals surface area contributed by atoms with Gasteiger partial charge in [-0.3, -0.25) is 4.79 Å². The van der Waals surface area contributed by atoms with Crippen molar-refractivity contribution in [3.63, 3.8) is 0 Å². The monoisotopic (exact) mass is 221 g/mol. The molecule has 0 aliphatic rings. The van der Waals surface area contributed by atoms with E-state index in [1.807, 2.05) is 0 Å². The third-order valence-electron chi connectivity index (χ3n) is 1.68. The molecule has 6 nitrogen and oxygen atoms in total. The molecule has 2 rings (SSSR count). The SMILES string of the molecule is Nc1ncccc1C(=O)Nc1cnns1. The van der Waals surface area contributed by atoms with Crippen LogP contribution in [0.4, 0.5) is 10.8 Å². The first-order chi connectivity index (χ1) is 7.27. The molecule has 0 spiro atoms. The number of nitrogens with two attached hydrogens (primary N) is 1. The van der Waals surface area contributed by atoms with Gasteiger partial charge in [-0.1, -0.05) is 4.49 Å². The van der Waals surface area contributed by atoms with Gasteiger partial charge >= 0.3 is 0 Å². The third kappa shape index (κ3) is 2.08. The molecular formula is C8H7N5OS. The van der Waals surface area contributed by atoms with E-state index in [9.17, 15) is 4.79 Å². The Kier molecular flexibility index (Phi) is 2.55. The Morgan fingerprint density at radius 3 is 3.07 bits per heavy atom. The number of aromatic nitrogens is 3. The summed E-state index contributed by atoms with van der Waals surface area (Å²) < 4.78 is 3.62. The molecule has 0 saturated heterocycles. The van der Waals surface area contributed by atoms with Crippen molar-refractivity contribution in [3.8, 4) is 0 Å². The van der Waals surface area contributed by atoms with Crippen molar-refractivity contribution >= 4 is 28.3 Å². The molecule has 3 N–H and O–H groups in total. The van der Waals surface area contributed by atoms with Crippen LogP contribution in [0.3, 0.4) is 0 Å². The molecule has 0 aliphatic carbocycles. The molecule has 0 radical (unpaired) electrons. The largest absolute Gasteiger partial charge is 0.383 e. The van der Waals surface area contributed by atoms with Gasteiger partial charge in [0.2, 0.25) is 0 Å². The van der Waals surface area contributed by atoms with Crippen LogP contribution in [0.1, 0.15) is 10.4 Å². The van der Waals surface area contributed by atoms with Gasteiger partial charge in [-0.15, -0.1) is 5.10 Å². The van der Waals surface area contributed by atoms with Gasteiger partial charge in [-0.2, -0.15) is 0 Å². The molecule has 0 saturated carbocycles. The van der Waals surface area contributed by atoms with Crippen molar-refractivity contribution in [1.29, 1.82) is 0 Å². The summed E-state index contributed by atoms with van der Waals surface area (Å²) in [6.07, 6.45) is 3.00. The molecule has 2 aromatic heterocycles. The summed E-state index contributed by atoms with van der Waals surface area (Å²) in [6, 6.07) is 3.25. The van der Waals surface area contributed by atoms with Gasteiger partial charge < -0.3 is 11.1 Å². The van der Waals surface area contributed by atoms with Crippen LogP contribution in [0.25, 0.3) is 0 Å². The summed E-state index contributed by atoms with van der Waals surface area (Å²) in [7, 11) is 0. The Labute approximate surface area is 89.3 Å². The van der Waals surface area contributed by atoms with Crippen molar-refractivity contribution in [3.05, 3.63) is 30.1 Å². The number of amides is 1. The quantitative estimate of drug-likeness (QED) is 0.781. The fourth-order valence-corrected chi connectivity index (χ4v) is 1.43. The number of anilines is 2. The fourth-order valence-electron chi connectivity index (χ4n) is 1.01. The Hall–Kier alpha value is -2.02. The number of rotatable bonds is 2. The highest BCUT2D eigenvalue weighted by atomic mass is 32.1. The first-order valence-corrected chi connectivity index (χ1v) is 4.84. The molecule has 76 valence electrons. The van der Waals surface area contributed by atoms with E-state index in [1.54, 1.807) is 12.1 Å². The lowest BCUT2D eigenvalue weighted by Crippen LogP contribution is -2.13. The Balaban J connectivity index is 2.19. The van der Waals surface area contributed by atoms with E-state index in [4.69, 9.17) is 5.73 Å². The molecule has 1 amide bonds. The standard InChI is InChI=1S/C8H7N5OS/c9-7-5(2-1-3-10-7)8(14)12-6-4-11-13-15-6/h1-4H,(H2,9,10)(H,12,14). The topological polar surface area (TPSA) is 93.8 Å². The number of hydrogen-bond acceptors (Lipinski definition) is 6. The van der Waals surface area contributed by atoms with Crippen molar-refractivity contribution in [2.75, 3.05) is 11.1 Å². The zero-order chi connectivity index (χ0) is 10.7. The number of carbonyl (C=O) groups excluding carboxylic acids is 1. The maximum atomic E-state index is 11.7. The highest BCUT2D eigenvalue weighted by molar-refractivity contribution is 7.10. The summed E-state index contributed by atoms with van der Waals surface area (Å²) in [6.45, 7) is 0. The van der Waals surface area contributed by atoms with Crippen LogP contribution in [0, 0.1) is 0 Å². The molecule has 0 unspecified atom stereocenters. The number of pyridine rings is 1. The number of hydrogen-bond donors (Lipinski definition) is 2. The van der Waals surface area contributed by atoms with Crippen LogP contribution in [-0.4, -0.2) is 20.5 Å². The van der Waals surface area contributed by atoms with E-state index in [2.05, 4.69) is 19.9 Å². The highest BCUT2D eigenvalue weighted by Crippen LogP contribution is 2.13. The molecule has 0 aromatic carbocycles. The molecule has 7 heteroatoms. The smallest absolute Gasteiger partial charge is 0.260 e. The molecule has 2 heterocycles. The summed E-state index contributed by atoms with van der Waals surface area (Å²) in [5.74, 6) is -0.112. The van der Waals surface area contributed by atoms with E-state index in [-0.39, 0.29) is 11.7 Å². The second-order valence-corrected chi connectivity index (χ2v) is 3.46. The van der Waals surface area contributed by atoms with Crippen molar-refractivity contribution in [2.24, 2.45) is 0 Å². The average Bonchev–Trinajstić information content (AvgIpc) is 2.71. The predicted octanol–water partition coefficient (Wildman–Crippen LogP) is 0.768. The lowest BCUT2D eigenvalue weighted by molar-refractivity contribution is 0.102. The molecule has 0 fully saturated rings. The molecule has 0 atom stereocenters. The minimum atomic E-state index is -0.313. The van der Waals surface area contributed by atoms with Gasteiger partial charge in [-0.05, 0) is 12.1 Å². The molecule has 0 bridgehead atoms. The minimum Gasteiger partial charge on any atom is -0.383 e. The van der Waals surface area contributed by atoms with Gasteiger partial charge in [0, 0.05) is 17.7 Å². The van der Waals surface area contributed by atoms with Crippen LogP contribution in [-0.2, 0) is 0 Å². The van der Waals surface area contributed by atoms with Crippen LogP contribution in [0.5, 0.6) is 0 Å². The molecule has 15 heavy (non-hydrogen) atoms. The van der Waals surface area contributed by atoms with Crippen LogP contribution >= 0.6 is 11.5 Å². The first-order valence-electron chi connectivity index (χ1n) is 4.06. The van der Waals surface area contributed by atoms with Gasteiger partial charge in [0.25, 0.3) is 5.91 Å². The van der Waals surface area contributed by atoms with E-state index in [0.717, 1.165) is 11.5 Å². The van der Waals surface area contributed by atoms with E-state index in [1.165, 1.54) is 12.4 Å². The number of nitrogens with one attached hydrogen (secondary N) is 1. The van der Waals surface area contributed by atoms with E-state index in [0.29, 0.717) is 10.6 Å². The zero-order valence-electron chi connectivity index (χ0n) is 7.54. The zero-order valence-corrected chi connectivity index (χ0v) is 8.36. The van der Waals surface area contributed by atoms with Crippen molar-refractivity contribution in [1.82, 2.24) is 14.6 Å². The number of nitrogens with zero attached hydrogens (tertiary/aromatic N) is 3. The third-order valence-corrected chi connectivity index (χ3v) is 2.26. The van der Waals surface area contributed by atoms with Crippen molar-refractivity contribution in [2.45, 2.75) is 0 Å². The highest BCUT2D eigenvalue weighted by Gasteiger charge is 2.10. The molecular weight excluding hydrogens is 214 g/mol. The molecule has 2 aromatic rings. The normalized spacial score (nSPS) is 9.87. The van der Waals surface area contributed by atoms with Crippen molar-refractivity contribution < 1.29 is 4.79 Å². The van der Waals surface area contributed by atoms with Gasteiger partial charge in [-0.25, -0.2) is 4.98 Å². The summed E-state index contributed by atoms with van der Waals surface area (Å²) in [4.78, 5) is 15.5. The van der Waals surface area contributed by atoms with Gasteiger partial charge in [0.1, 0.15) is 10.8 Å². The van der Waals surface area contributed by atoms with Crippen LogP contribution in [0.2, 0.25) is 0 Å². The predicted molar refractivity (Wildman–Crippen MR) is 56.5 cm³/mol. The summed E-state index contributed by atoms with van der Waals surface area (Å²) in [5, 5.41) is 6.78. The summed E-state index contributed by atoms with van der Waals surface area (Å²) in [5.41, 5.74) is 5.89. The molecule has 0 aliphatic heterocycles.